The second kappa shape index (κ2) is 14.9. The summed E-state index contributed by atoms with van der Waals surface area (Å²) in [5, 5.41) is 0. The molecule has 0 saturated heterocycles. The van der Waals surface area contributed by atoms with Crippen molar-refractivity contribution in [2.24, 2.45) is 0 Å². The van der Waals surface area contributed by atoms with Crippen LogP contribution in [0.3, 0.4) is 0 Å². The van der Waals surface area contributed by atoms with Crippen molar-refractivity contribution in [3.05, 3.63) is 0 Å². The van der Waals surface area contributed by atoms with E-state index < -0.39 is 10.1 Å². The van der Waals surface area contributed by atoms with Crippen LogP contribution in [-0.4, -0.2) is 76.3 Å². The van der Waals surface area contributed by atoms with Crippen molar-refractivity contribution >= 4 is 10.1 Å². The van der Waals surface area contributed by atoms with Crippen molar-refractivity contribution in [1.29, 1.82) is 0 Å². The fraction of sp³-hybridized carbons (Fsp3) is 1.00. The van der Waals surface area contributed by atoms with Crippen molar-refractivity contribution in [1.82, 2.24) is 0 Å². The Balaban J connectivity index is 4.16. The van der Waals surface area contributed by atoms with Gasteiger partial charge in [-0.3, -0.25) is 4.55 Å². The van der Waals surface area contributed by atoms with Crippen LogP contribution >= 0.6 is 0 Å². The largest absolute Gasteiger partial charge is 0.379 e. The Labute approximate surface area is 155 Å². The van der Waals surface area contributed by atoms with E-state index in [0.29, 0.717) is 26.2 Å². The molecule has 1 N–H and O–H groups in total. The smallest absolute Gasteiger partial charge is 0.265 e. The molecule has 0 rings (SSSR count). The van der Waals surface area contributed by atoms with Crippen LogP contribution in [0.5, 0.6) is 0 Å². The van der Waals surface area contributed by atoms with Gasteiger partial charge in [-0.05, 0) is 19.3 Å². The molecule has 0 amide bonds. The average Bonchev–Trinajstić information content (AvgIpc) is 2.53. The number of nitrogens with zero attached hydrogens (tertiary/aromatic N) is 1. The summed E-state index contributed by atoms with van der Waals surface area (Å²) in [6.45, 7) is 9.53. The highest BCUT2D eigenvalue weighted by Crippen LogP contribution is 2.11. The van der Waals surface area contributed by atoms with Crippen LogP contribution in [-0.2, 0) is 19.6 Å². The minimum atomic E-state index is -3.87. The number of likely N-dealkylation sites (N-methyl/N-ethyl adjacent to an activating group) is 1. The lowest BCUT2D eigenvalue weighted by Crippen LogP contribution is -2.48. The molecule has 0 saturated carbocycles. The molecule has 0 aromatic heterocycles. The van der Waals surface area contributed by atoms with Gasteiger partial charge in [0.25, 0.3) is 10.1 Å². The van der Waals surface area contributed by atoms with Gasteiger partial charge in [0.15, 0.2) is 0 Å². The summed E-state index contributed by atoms with van der Waals surface area (Å²) in [4.78, 5) is 0. The number of rotatable bonds is 18. The van der Waals surface area contributed by atoms with E-state index in [1.165, 1.54) is 25.7 Å². The SMILES string of the molecule is CCCCCCC[N+](C)(CCCS(=O)(=O)O)CCOCCOCCC. The van der Waals surface area contributed by atoms with E-state index in [0.717, 1.165) is 43.6 Å². The Hall–Kier alpha value is -0.210. The van der Waals surface area contributed by atoms with Gasteiger partial charge in [0.05, 0.1) is 45.7 Å². The Morgan fingerprint density at radius 2 is 1.36 bits per heavy atom. The van der Waals surface area contributed by atoms with Crippen LogP contribution in [0.2, 0.25) is 0 Å². The van der Waals surface area contributed by atoms with Crippen molar-refractivity contribution in [2.75, 3.05) is 58.9 Å². The molecule has 0 fully saturated rings. The standard InChI is InChI=1S/C18H39NO5S/c1-4-6-7-8-9-11-19(3,12-10-18-25(20,21)22)13-15-24-17-16-23-14-5-2/h4-18H2,1-3H3/p+1. The highest BCUT2D eigenvalue weighted by Gasteiger charge is 2.21. The molecular formula is C18H40NO5S+. The topological polar surface area (TPSA) is 72.8 Å². The predicted octanol–water partition coefficient (Wildman–Crippen LogP) is 3.12. The number of hydrogen-bond acceptors (Lipinski definition) is 4. The summed E-state index contributed by atoms with van der Waals surface area (Å²) in [6.07, 6.45) is 7.60. The monoisotopic (exact) mass is 382 g/mol. The molecule has 25 heavy (non-hydrogen) atoms. The summed E-state index contributed by atoms with van der Waals surface area (Å²) in [7, 11) is -1.72. The van der Waals surface area contributed by atoms with Gasteiger partial charge >= 0.3 is 0 Å². The lowest BCUT2D eigenvalue weighted by Gasteiger charge is -2.34. The molecule has 0 aromatic carbocycles. The van der Waals surface area contributed by atoms with Gasteiger partial charge < -0.3 is 14.0 Å². The van der Waals surface area contributed by atoms with E-state index in [9.17, 15) is 8.42 Å². The second-order valence-electron chi connectivity index (χ2n) is 7.07. The van der Waals surface area contributed by atoms with Gasteiger partial charge in [-0.25, -0.2) is 0 Å². The number of ether oxygens (including phenoxy) is 2. The number of quaternary nitrogens is 1. The molecule has 0 aliphatic carbocycles. The molecule has 152 valence electrons. The zero-order valence-electron chi connectivity index (χ0n) is 16.5. The molecule has 0 aliphatic rings. The van der Waals surface area contributed by atoms with Crippen LogP contribution < -0.4 is 0 Å². The lowest BCUT2D eigenvalue weighted by molar-refractivity contribution is -0.910. The first-order valence-corrected chi connectivity index (χ1v) is 11.4. The number of unbranched alkanes of at least 4 members (excludes halogenated alkanes) is 4. The molecule has 6 nitrogen and oxygen atoms in total. The molecule has 1 unspecified atom stereocenters. The average molecular weight is 383 g/mol. The van der Waals surface area contributed by atoms with E-state index in [-0.39, 0.29) is 5.75 Å². The zero-order chi connectivity index (χ0) is 19.0. The van der Waals surface area contributed by atoms with Gasteiger partial charge in [0.1, 0.15) is 6.54 Å². The van der Waals surface area contributed by atoms with Gasteiger partial charge in [-0.1, -0.05) is 33.1 Å². The second-order valence-corrected chi connectivity index (χ2v) is 8.64. The van der Waals surface area contributed by atoms with E-state index in [2.05, 4.69) is 20.9 Å². The minimum absolute atomic E-state index is 0.164. The van der Waals surface area contributed by atoms with Gasteiger partial charge in [0.2, 0.25) is 0 Å². The third-order valence-electron chi connectivity index (χ3n) is 4.40. The van der Waals surface area contributed by atoms with E-state index in [1.807, 2.05) is 0 Å². The normalized spacial score (nSPS) is 14.6. The van der Waals surface area contributed by atoms with Crippen LogP contribution in [0, 0.1) is 0 Å². The summed E-state index contributed by atoms with van der Waals surface area (Å²) in [5.41, 5.74) is 0. The highest BCUT2D eigenvalue weighted by molar-refractivity contribution is 7.85. The molecule has 0 radical (unpaired) electrons. The lowest BCUT2D eigenvalue weighted by atomic mass is 10.1. The summed E-state index contributed by atoms with van der Waals surface area (Å²) in [6, 6.07) is 0. The highest BCUT2D eigenvalue weighted by atomic mass is 32.2. The Morgan fingerprint density at radius 1 is 0.760 bits per heavy atom. The molecule has 0 aliphatic heterocycles. The van der Waals surface area contributed by atoms with Crippen LogP contribution in [0.4, 0.5) is 0 Å². The molecule has 0 heterocycles. The first-order valence-electron chi connectivity index (χ1n) is 9.77. The van der Waals surface area contributed by atoms with E-state index >= 15 is 0 Å². The summed E-state index contributed by atoms with van der Waals surface area (Å²) in [5.74, 6) is -0.164. The Bertz CT molecular complexity index is 402. The number of hydrogen-bond donors (Lipinski definition) is 1. The van der Waals surface area contributed by atoms with Gasteiger partial charge in [0, 0.05) is 13.0 Å². The molecule has 0 aromatic rings. The fourth-order valence-electron chi connectivity index (χ4n) is 2.81. The van der Waals surface area contributed by atoms with Crippen LogP contribution in [0.1, 0.15) is 58.8 Å². The van der Waals surface area contributed by atoms with Crippen LogP contribution in [0.15, 0.2) is 0 Å². The molecule has 0 bridgehead atoms. The fourth-order valence-corrected chi connectivity index (χ4v) is 3.31. The molecule has 7 heteroatoms. The van der Waals surface area contributed by atoms with Crippen LogP contribution in [0.25, 0.3) is 0 Å². The van der Waals surface area contributed by atoms with Gasteiger partial charge in [-0.2, -0.15) is 8.42 Å². The zero-order valence-corrected chi connectivity index (χ0v) is 17.4. The van der Waals surface area contributed by atoms with Crippen molar-refractivity contribution in [3.63, 3.8) is 0 Å². The van der Waals surface area contributed by atoms with Crippen molar-refractivity contribution < 1.29 is 26.9 Å². The van der Waals surface area contributed by atoms with Crippen molar-refractivity contribution in [3.8, 4) is 0 Å². The van der Waals surface area contributed by atoms with Crippen molar-refractivity contribution in [2.45, 2.75) is 58.8 Å². The Morgan fingerprint density at radius 3 is 1.96 bits per heavy atom. The van der Waals surface area contributed by atoms with E-state index in [4.69, 9.17) is 14.0 Å². The maximum Gasteiger partial charge on any atom is 0.265 e. The predicted molar refractivity (Wildman–Crippen MR) is 103 cm³/mol. The first kappa shape index (κ1) is 24.8. The maximum atomic E-state index is 10.9. The van der Waals surface area contributed by atoms with E-state index in [1.54, 1.807) is 0 Å². The quantitative estimate of drug-likeness (QED) is 0.224. The first-order chi connectivity index (χ1) is 11.8. The third kappa shape index (κ3) is 17.0. The molecule has 0 spiro atoms. The molecule has 1 atom stereocenters. The maximum absolute atomic E-state index is 10.9. The molecular weight excluding hydrogens is 342 g/mol. The summed E-state index contributed by atoms with van der Waals surface area (Å²) >= 11 is 0. The summed E-state index contributed by atoms with van der Waals surface area (Å²) < 4.78 is 42.7. The van der Waals surface area contributed by atoms with Gasteiger partial charge in [-0.15, -0.1) is 0 Å². The Kier molecular flexibility index (Phi) is 14.8. The third-order valence-corrected chi connectivity index (χ3v) is 5.20. The minimum Gasteiger partial charge on any atom is -0.379 e.